The maximum atomic E-state index is 12.0. The van der Waals surface area contributed by atoms with Gasteiger partial charge in [0.05, 0.1) is 0 Å². The molecule has 0 unspecified atom stereocenters. The van der Waals surface area contributed by atoms with E-state index in [-0.39, 0.29) is 10.9 Å². The third-order valence-corrected chi connectivity index (χ3v) is 10.5. The zero-order valence-electron chi connectivity index (χ0n) is 17.7. The Morgan fingerprint density at radius 3 is 2.61 bits per heavy atom. The number of hydrogen-bond donors (Lipinski definition) is 1. The second-order valence-corrected chi connectivity index (χ2v) is 14.4. The minimum absolute atomic E-state index is 0.171. The van der Waals surface area contributed by atoms with Crippen molar-refractivity contribution in [1.29, 1.82) is 0 Å². The van der Waals surface area contributed by atoms with Gasteiger partial charge in [-0.1, -0.05) is 36.7 Å². The molecular formula is C20H33BrN4O2Si. The van der Waals surface area contributed by atoms with Crippen molar-refractivity contribution in [2.75, 3.05) is 44.6 Å². The normalized spacial score (nSPS) is 16.6. The minimum Gasteiger partial charge on any atom is -0.416 e. The first-order valence-corrected chi connectivity index (χ1v) is 13.5. The van der Waals surface area contributed by atoms with E-state index in [9.17, 15) is 4.79 Å². The lowest BCUT2D eigenvalue weighted by Crippen LogP contribution is -2.47. The third kappa shape index (κ3) is 7.31. The molecule has 1 fully saturated rings. The molecule has 1 saturated heterocycles. The van der Waals surface area contributed by atoms with Gasteiger partial charge in [0.2, 0.25) is 0 Å². The Morgan fingerprint density at radius 2 is 2.00 bits per heavy atom. The van der Waals surface area contributed by atoms with Gasteiger partial charge in [-0.3, -0.25) is 9.69 Å². The van der Waals surface area contributed by atoms with Crippen LogP contribution in [0.15, 0.2) is 35.1 Å². The number of nitrogens with one attached hydrogen (secondary N) is 1. The van der Waals surface area contributed by atoms with Crippen LogP contribution in [0, 0.1) is 0 Å². The molecule has 28 heavy (non-hydrogen) atoms. The number of aromatic nitrogens is 1. The number of anilines is 1. The Labute approximate surface area is 178 Å². The molecule has 0 atom stereocenters. The molecule has 0 aromatic carbocycles. The molecule has 8 heteroatoms. The second-order valence-electron chi connectivity index (χ2n) is 8.65. The summed E-state index contributed by atoms with van der Waals surface area (Å²) < 4.78 is 7.16. The molecule has 0 aliphatic carbocycles. The van der Waals surface area contributed by atoms with Gasteiger partial charge in [-0.25, -0.2) is 4.98 Å². The average molecular weight is 470 g/mol. The summed E-state index contributed by atoms with van der Waals surface area (Å²) in [5.74, 6) is 0.367. The molecule has 1 aromatic heterocycles. The fourth-order valence-electron chi connectivity index (χ4n) is 2.60. The maximum absolute atomic E-state index is 12.0. The summed E-state index contributed by atoms with van der Waals surface area (Å²) >= 11 is 3.37. The van der Waals surface area contributed by atoms with E-state index < -0.39 is 8.32 Å². The molecule has 2 rings (SSSR count). The monoisotopic (exact) mass is 468 g/mol. The fourth-order valence-corrected chi connectivity index (χ4v) is 3.97. The maximum Gasteiger partial charge on any atom is 0.250 e. The van der Waals surface area contributed by atoms with Crippen LogP contribution in [0.4, 0.5) is 5.82 Å². The summed E-state index contributed by atoms with van der Waals surface area (Å²) in [6.45, 7) is 17.0. The van der Waals surface area contributed by atoms with Gasteiger partial charge in [0.15, 0.2) is 8.32 Å². The lowest BCUT2D eigenvalue weighted by Gasteiger charge is -2.38. The van der Waals surface area contributed by atoms with Gasteiger partial charge in [0, 0.05) is 62.3 Å². The van der Waals surface area contributed by atoms with Crippen molar-refractivity contribution in [3.63, 3.8) is 0 Å². The van der Waals surface area contributed by atoms with E-state index in [1.54, 1.807) is 18.3 Å². The standard InChI is InChI=1S/C20H33BrN4O2Si/c1-20(2,3)28(4,5)27-15-14-25-12-10-24(11-13-25)9-7-19(26)23-18-16-17(21)6-8-22-18/h6-9,16H,10-15H2,1-5H3,(H,22,23,26). The van der Waals surface area contributed by atoms with Crippen molar-refractivity contribution >= 4 is 36.0 Å². The molecular weight excluding hydrogens is 436 g/mol. The Bertz CT molecular complexity index is 683. The van der Waals surface area contributed by atoms with E-state index in [2.05, 4.69) is 69.9 Å². The first-order chi connectivity index (χ1) is 13.1. The Hall–Kier alpha value is -1.22. The van der Waals surface area contributed by atoms with Crippen LogP contribution in [-0.2, 0) is 9.22 Å². The number of pyridine rings is 1. The van der Waals surface area contributed by atoms with Crippen LogP contribution < -0.4 is 5.32 Å². The van der Waals surface area contributed by atoms with Crippen LogP contribution in [-0.4, -0.2) is 68.3 Å². The zero-order chi connectivity index (χ0) is 20.8. The lowest BCUT2D eigenvalue weighted by atomic mass is 10.2. The Morgan fingerprint density at radius 1 is 1.32 bits per heavy atom. The van der Waals surface area contributed by atoms with Crippen LogP contribution in [0.1, 0.15) is 20.8 Å². The lowest BCUT2D eigenvalue weighted by molar-refractivity contribution is -0.112. The Balaban J connectivity index is 1.69. The van der Waals surface area contributed by atoms with Gasteiger partial charge in [-0.15, -0.1) is 0 Å². The molecule has 0 saturated carbocycles. The first-order valence-electron chi connectivity index (χ1n) is 9.78. The molecule has 0 spiro atoms. The highest BCUT2D eigenvalue weighted by Gasteiger charge is 2.37. The molecule has 1 aliphatic rings. The third-order valence-electron chi connectivity index (χ3n) is 5.49. The van der Waals surface area contributed by atoms with Crippen molar-refractivity contribution in [1.82, 2.24) is 14.8 Å². The highest BCUT2D eigenvalue weighted by molar-refractivity contribution is 9.10. The van der Waals surface area contributed by atoms with Crippen molar-refractivity contribution in [3.8, 4) is 0 Å². The highest BCUT2D eigenvalue weighted by Crippen LogP contribution is 2.36. The summed E-state index contributed by atoms with van der Waals surface area (Å²) in [6, 6.07) is 3.60. The number of rotatable bonds is 7. The van der Waals surface area contributed by atoms with Gasteiger partial charge in [-0.05, 0) is 30.3 Å². The average Bonchev–Trinajstić information content (AvgIpc) is 2.60. The predicted molar refractivity (Wildman–Crippen MR) is 121 cm³/mol. The molecule has 1 amide bonds. The largest absolute Gasteiger partial charge is 0.416 e. The van der Waals surface area contributed by atoms with Crippen molar-refractivity contribution in [2.45, 2.75) is 38.9 Å². The quantitative estimate of drug-likeness (QED) is 0.484. The topological polar surface area (TPSA) is 57.7 Å². The van der Waals surface area contributed by atoms with Crippen LogP contribution in [0.5, 0.6) is 0 Å². The van der Waals surface area contributed by atoms with E-state index in [1.165, 1.54) is 0 Å². The smallest absolute Gasteiger partial charge is 0.250 e. The second kappa shape index (κ2) is 10.0. The van der Waals surface area contributed by atoms with E-state index in [0.29, 0.717) is 5.82 Å². The number of carbonyl (C=O) groups is 1. The first kappa shape index (κ1) is 23.1. The van der Waals surface area contributed by atoms with Crippen LogP contribution in [0.25, 0.3) is 0 Å². The van der Waals surface area contributed by atoms with Crippen LogP contribution in [0.2, 0.25) is 18.1 Å². The van der Waals surface area contributed by atoms with E-state index >= 15 is 0 Å². The number of halogens is 1. The summed E-state index contributed by atoms with van der Waals surface area (Å²) in [5.41, 5.74) is 0. The van der Waals surface area contributed by atoms with Gasteiger partial charge >= 0.3 is 0 Å². The summed E-state index contributed by atoms with van der Waals surface area (Å²) in [5, 5.41) is 3.02. The number of carbonyl (C=O) groups excluding carboxylic acids is 1. The fraction of sp³-hybridized carbons (Fsp3) is 0.600. The highest BCUT2D eigenvalue weighted by atomic mass is 79.9. The number of hydrogen-bond acceptors (Lipinski definition) is 5. The van der Waals surface area contributed by atoms with E-state index in [4.69, 9.17) is 4.43 Å². The predicted octanol–water partition coefficient (Wildman–Crippen LogP) is 3.94. The Kier molecular flexibility index (Phi) is 8.24. The molecule has 0 radical (unpaired) electrons. The van der Waals surface area contributed by atoms with Gasteiger partial charge in [0.1, 0.15) is 5.82 Å². The summed E-state index contributed by atoms with van der Waals surface area (Å²) in [4.78, 5) is 20.8. The van der Waals surface area contributed by atoms with E-state index in [1.807, 2.05) is 12.3 Å². The molecule has 1 aromatic rings. The van der Waals surface area contributed by atoms with Gasteiger partial charge in [0.25, 0.3) is 5.91 Å². The van der Waals surface area contributed by atoms with Crippen molar-refractivity contribution in [2.24, 2.45) is 0 Å². The SMILES string of the molecule is CC(C)(C)[Si](C)(C)OCCN1CCN(C=CC(=O)Nc2cc(Br)ccn2)CC1. The van der Waals surface area contributed by atoms with Crippen LogP contribution >= 0.6 is 15.9 Å². The molecule has 6 nitrogen and oxygen atoms in total. The van der Waals surface area contributed by atoms with Crippen molar-refractivity contribution < 1.29 is 9.22 Å². The zero-order valence-corrected chi connectivity index (χ0v) is 20.3. The van der Waals surface area contributed by atoms with E-state index in [0.717, 1.165) is 43.8 Å². The molecule has 0 bridgehead atoms. The number of amides is 1. The van der Waals surface area contributed by atoms with Crippen molar-refractivity contribution in [3.05, 3.63) is 35.1 Å². The van der Waals surface area contributed by atoms with Crippen LogP contribution in [0.3, 0.4) is 0 Å². The number of nitrogens with zero attached hydrogens (tertiary/aromatic N) is 3. The molecule has 1 aliphatic heterocycles. The number of piperazine rings is 1. The minimum atomic E-state index is -1.66. The van der Waals surface area contributed by atoms with Gasteiger partial charge in [-0.2, -0.15) is 0 Å². The molecule has 156 valence electrons. The summed E-state index contributed by atoms with van der Waals surface area (Å²) in [7, 11) is -1.66. The molecule has 2 heterocycles. The summed E-state index contributed by atoms with van der Waals surface area (Å²) in [6.07, 6.45) is 5.09. The van der Waals surface area contributed by atoms with Gasteiger partial charge < -0.3 is 14.6 Å². The molecule has 1 N–H and O–H groups in total.